The molecule has 1 saturated heterocycles. The summed E-state index contributed by atoms with van der Waals surface area (Å²) in [4.78, 5) is 10.6. The van der Waals surface area contributed by atoms with Crippen LogP contribution in [0.1, 0.15) is 12.8 Å². The predicted molar refractivity (Wildman–Crippen MR) is 65.8 cm³/mol. The van der Waals surface area contributed by atoms with Crippen molar-refractivity contribution in [2.75, 3.05) is 17.3 Å². The van der Waals surface area contributed by atoms with Gasteiger partial charge in [-0.15, -0.1) is 11.6 Å². The smallest absolute Gasteiger partial charge is 0.145 e. The van der Waals surface area contributed by atoms with Crippen LogP contribution in [-0.4, -0.2) is 28.4 Å². The van der Waals surface area contributed by atoms with Crippen molar-refractivity contribution in [3.8, 4) is 0 Å². The van der Waals surface area contributed by atoms with Crippen LogP contribution in [0.5, 0.6) is 0 Å². The fourth-order valence-electron chi connectivity index (χ4n) is 1.79. The molecule has 1 fully saturated rings. The van der Waals surface area contributed by atoms with Crippen molar-refractivity contribution in [2.24, 2.45) is 0 Å². The molecule has 5 heteroatoms. The lowest BCUT2D eigenvalue weighted by Gasteiger charge is -2.24. The Bertz CT molecular complexity index is 321. The molecule has 3 nitrogen and oxygen atoms in total. The third kappa shape index (κ3) is 1.95. The second-order valence-corrected chi connectivity index (χ2v) is 4.81. The fraction of sp³-hybridized carbons (Fsp3) is 0.556. The maximum Gasteiger partial charge on any atom is 0.145 e. The average molecular weight is 324 g/mol. The first kappa shape index (κ1) is 10.4. The van der Waals surface area contributed by atoms with Crippen LogP contribution in [0, 0.1) is 3.57 Å². The first-order valence-corrected chi connectivity index (χ1v) is 6.22. The van der Waals surface area contributed by atoms with Gasteiger partial charge in [-0.2, -0.15) is 0 Å². The SMILES string of the molecule is ClCC1CCCN1c1ncncc1I. The highest BCUT2D eigenvalue weighted by Gasteiger charge is 2.25. The normalized spacial score (nSPS) is 21.6. The maximum atomic E-state index is 5.92. The largest absolute Gasteiger partial charge is 0.351 e. The number of anilines is 1. The molecule has 0 radical (unpaired) electrons. The molecular formula is C9H11ClIN3. The number of aromatic nitrogens is 2. The summed E-state index contributed by atoms with van der Waals surface area (Å²) in [6.07, 6.45) is 5.81. The number of hydrogen-bond acceptors (Lipinski definition) is 3. The first-order chi connectivity index (χ1) is 6.83. The van der Waals surface area contributed by atoms with E-state index in [0.717, 1.165) is 15.9 Å². The van der Waals surface area contributed by atoms with E-state index in [-0.39, 0.29) is 0 Å². The number of rotatable bonds is 2. The quantitative estimate of drug-likeness (QED) is 0.618. The van der Waals surface area contributed by atoms with Crippen LogP contribution in [0.2, 0.25) is 0 Å². The Labute approximate surface area is 102 Å². The molecule has 2 rings (SSSR count). The second kappa shape index (κ2) is 4.61. The Hall–Kier alpha value is -0.100. The summed E-state index contributed by atoms with van der Waals surface area (Å²) in [5.74, 6) is 1.71. The van der Waals surface area contributed by atoms with Gasteiger partial charge >= 0.3 is 0 Å². The van der Waals surface area contributed by atoms with Crippen LogP contribution in [-0.2, 0) is 0 Å². The highest BCUT2D eigenvalue weighted by atomic mass is 127. The molecule has 1 atom stereocenters. The van der Waals surface area contributed by atoms with E-state index in [1.165, 1.54) is 12.8 Å². The minimum Gasteiger partial charge on any atom is -0.351 e. The van der Waals surface area contributed by atoms with Crippen molar-refractivity contribution in [3.63, 3.8) is 0 Å². The minimum atomic E-state index is 0.445. The second-order valence-electron chi connectivity index (χ2n) is 3.34. The minimum absolute atomic E-state index is 0.445. The van der Waals surface area contributed by atoms with Gasteiger partial charge in [-0.05, 0) is 35.4 Å². The van der Waals surface area contributed by atoms with E-state index in [0.29, 0.717) is 11.9 Å². The molecule has 0 aliphatic carbocycles. The van der Waals surface area contributed by atoms with Crippen LogP contribution < -0.4 is 4.90 Å². The third-order valence-electron chi connectivity index (χ3n) is 2.48. The Morgan fingerprint density at radius 1 is 1.64 bits per heavy atom. The summed E-state index contributed by atoms with van der Waals surface area (Å²) in [6, 6.07) is 0.445. The Balaban J connectivity index is 2.26. The summed E-state index contributed by atoms with van der Waals surface area (Å²) < 4.78 is 1.10. The van der Waals surface area contributed by atoms with Crippen molar-refractivity contribution >= 4 is 40.0 Å². The van der Waals surface area contributed by atoms with Crippen LogP contribution in [0.15, 0.2) is 12.5 Å². The standard InChI is InChI=1S/C9H11ClIN3/c10-4-7-2-1-3-14(7)9-8(11)5-12-6-13-9/h5-7H,1-4H2. The van der Waals surface area contributed by atoms with Crippen LogP contribution in [0.4, 0.5) is 5.82 Å². The van der Waals surface area contributed by atoms with E-state index >= 15 is 0 Å². The maximum absolute atomic E-state index is 5.92. The molecule has 1 aliphatic rings. The molecule has 14 heavy (non-hydrogen) atoms. The Kier molecular flexibility index (Phi) is 3.43. The van der Waals surface area contributed by atoms with E-state index in [1.807, 2.05) is 6.20 Å². The van der Waals surface area contributed by atoms with E-state index in [4.69, 9.17) is 11.6 Å². The van der Waals surface area contributed by atoms with Gasteiger partial charge in [0.15, 0.2) is 0 Å². The molecule has 1 aliphatic heterocycles. The van der Waals surface area contributed by atoms with E-state index in [1.54, 1.807) is 6.33 Å². The zero-order chi connectivity index (χ0) is 9.97. The molecule has 1 unspecified atom stereocenters. The molecule has 0 aromatic carbocycles. The van der Waals surface area contributed by atoms with Gasteiger partial charge in [-0.25, -0.2) is 9.97 Å². The number of alkyl halides is 1. The molecule has 1 aromatic heterocycles. The van der Waals surface area contributed by atoms with E-state index in [2.05, 4.69) is 37.5 Å². The van der Waals surface area contributed by atoms with E-state index in [9.17, 15) is 0 Å². The van der Waals surface area contributed by atoms with Gasteiger partial charge < -0.3 is 4.90 Å². The van der Waals surface area contributed by atoms with Gasteiger partial charge in [0.05, 0.1) is 3.57 Å². The van der Waals surface area contributed by atoms with Crippen LogP contribution >= 0.6 is 34.2 Å². The average Bonchev–Trinajstić information content (AvgIpc) is 2.66. The van der Waals surface area contributed by atoms with Crippen LogP contribution in [0.3, 0.4) is 0 Å². The summed E-state index contributed by atoms with van der Waals surface area (Å²) in [7, 11) is 0. The van der Waals surface area contributed by atoms with Gasteiger partial charge in [0, 0.05) is 24.7 Å². The number of halogens is 2. The lowest BCUT2D eigenvalue weighted by molar-refractivity contribution is 0.730. The van der Waals surface area contributed by atoms with Crippen molar-refractivity contribution in [2.45, 2.75) is 18.9 Å². The highest BCUT2D eigenvalue weighted by Crippen LogP contribution is 2.27. The van der Waals surface area contributed by atoms with Crippen molar-refractivity contribution in [1.29, 1.82) is 0 Å². The fourth-order valence-corrected chi connectivity index (χ4v) is 2.72. The molecule has 0 bridgehead atoms. The van der Waals surface area contributed by atoms with Gasteiger partial charge in [-0.1, -0.05) is 0 Å². The zero-order valence-corrected chi connectivity index (χ0v) is 10.6. The number of nitrogens with zero attached hydrogens (tertiary/aromatic N) is 3. The lowest BCUT2D eigenvalue weighted by atomic mass is 10.2. The zero-order valence-electron chi connectivity index (χ0n) is 7.66. The summed E-state index contributed by atoms with van der Waals surface area (Å²) >= 11 is 8.18. The molecule has 0 spiro atoms. The molecule has 76 valence electrons. The van der Waals surface area contributed by atoms with E-state index < -0.39 is 0 Å². The first-order valence-electron chi connectivity index (χ1n) is 4.61. The summed E-state index contributed by atoms with van der Waals surface area (Å²) in [5.41, 5.74) is 0. The van der Waals surface area contributed by atoms with Crippen molar-refractivity contribution < 1.29 is 0 Å². The number of hydrogen-bond donors (Lipinski definition) is 0. The topological polar surface area (TPSA) is 29.0 Å². The lowest BCUT2D eigenvalue weighted by Crippen LogP contribution is -2.31. The highest BCUT2D eigenvalue weighted by molar-refractivity contribution is 14.1. The van der Waals surface area contributed by atoms with Crippen molar-refractivity contribution in [3.05, 3.63) is 16.1 Å². The molecular weight excluding hydrogens is 312 g/mol. The van der Waals surface area contributed by atoms with Gasteiger partial charge in [0.2, 0.25) is 0 Å². The molecule has 0 amide bonds. The van der Waals surface area contributed by atoms with Gasteiger partial charge in [0.1, 0.15) is 12.1 Å². The van der Waals surface area contributed by atoms with Gasteiger partial charge in [-0.3, -0.25) is 0 Å². The third-order valence-corrected chi connectivity index (χ3v) is 3.59. The molecule has 2 heterocycles. The Morgan fingerprint density at radius 3 is 3.21 bits per heavy atom. The predicted octanol–water partition coefficient (Wildman–Crippen LogP) is 2.29. The molecule has 1 aromatic rings. The Morgan fingerprint density at radius 2 is 2.50 bits per heavy atom. The van der Waals surface area contributed by atoms with Crippen molar-refractivity contribution in [1.82, 2.24) is 9.97 Å². The summed E-state index contributed by atoms with van der Waals surface area (Å²) in [6.45, 7) is 1.06. The monoisotopic (exact) mass is 323 g/mol. The van der Waals surface area contributed by atoms with Crippen LogP contribution in [0.25, 0.3) is 0 Å². The van der Waals surface area contributed by atoms with Gasteiger partial charge in [0.25, 0.3) is 0 Å². The molecule has 0 N–H and O–H groups in total. The molecule has 0 saturated carbocycles. The summed E-state index contributed by atoms with van der Waals surface area (Å²) in [5, 5.41) is 0.